The molecule has 0 spiro atoms. The summed E-state index contributed by atoms with van der Waals surface area (Å²) < 4.78 is 21.1. The van der Waals surface area contributed by atoms with Crippen LogP contribution in [0.2, 0.25) is 0 Å². The Balaban J connectivity index is 2.67. The van der Waals surface area contributed by atoms with Crippen molar-refractivity contribution in [3.8, 4) is 0 Å². The third-order valence-corrected chi connectivity index (χ3v) is 2.16. The number of aromatic amines is 2. The zero-order valence-corrected chi connectivity index (χ0v) is 8.30. The van der Waals surface area contributed by atoms with Crippen LogP contribution in [0.1, 0.15) is 0 Å². The predicted molar refractivity (Wildman–Crippen MR) is 51.9 cm³/mol. The van der Waals surface area contributed by atoms with Crippen molar-refractivity contribution in [1.29, 1.82) is 0 Å². The average molecular weight is 235 g/mol. The van der Waals surface area contributed by atoms with E-state index in [1.807, 2.05) is 10.1 Å². The van der Waals surface area contributed by atoms with Crippen molar-refractivity contribution in [3.63, 3.8) is 0 Å². The molecule has 0 aromatic carbocycles. The van der Waals surface area contributed by atoms with Crippen LogP contribution >= 0.6 is 0 Å². The van der Waals surface area contributed by atoms with Gasteiger partial charge in [0.2, 0.25) is 15.8 Å². The lowest BCUT2D eigenvalue weighted by Gasteiger charge is -2.01. The van der Waals surface area contributed by atoms with Crippen LogP contribution in [-0.2, 0) is 10.0 Å². The molecule has 0 bridgehead atoms. The third-order valence-electron chi connectivity index (χ3n) is 1.39. The lowest BCUT2D eigenvalue weighted by atomic mass is 10.6. The van der Waals surface area contributed by atoms with Crippen LogP contribution in [0.15, 0.2) is 9.59 Å². The van der Waals surface area contributed by atoms with Gasteiger partial charge in [0.15, 0.2) is 0 Å². The van der Waals surface area contributed by atoms with E-state index < -0.39 is 21.3 Å². The highest BCUT2D eigenvalue weighted by molar-refractivity contribution is 7.89. The summed E-state index contributed by atoms with van der Waals surface area (Å²) in [6.07, 6.45) is 0. The molecule has 1 heterocycles. The van der Waals surface area contributed by atoms with E-state index in [9.17, 15) is 18.0 Å². The van der Waals surface area contributed by atoms with Gasteiger partial charge in [0.1, 0.15) is 0 Å². The average Bonchev–Trinajstić information content (AvgIpc) is 2.07. The molecule has 0 saturated heterocycles. The van der Waals surface area contributed by atoms with Crippen LogP contribution in [0.3, 0.4) is 0 Å². The van der Waals surface area contributed by atoms with Crippen LogP contribution in [0.25, 0.3) is 0 Å². The quantitative estimate of drug-likeness (QED) is 0.441. The van der Waals surface area contributed by atoms with E-state index in [2.05, 4.69) is 10.4 Å². The summed E-state index contributed by atoms with van der Waals surface area (Å²) in [5.41, 5.74) is -1.47. The first-order chi connectivity index (χ1) is 6.88. The minimum atomic E-state index is -3.59. The number of H-pyrrole nitrogens is 2. The van der Waals surface area contributed by atoms with Gasteiger partial charge in [-0.1, -0.05) is 0 Å². The standard InChI is InChI=1S/C5H9N5O4S/c6-15(13,14)2-1-7-3-4(11)8-5(12)10-9-3/h1-2H2,(H,7,9)(H2,6,13,14)(H2,8,10,11,12). The topological polar surface area (TPSA) is 151 Å². The van der Waals surface area contributed by atoms with Crippen molar-refractivity contribution in [2.75, 3.05) is 17.6 Å². The molecule has 0 aliphatic rings. The molecule has 1 rings (SSSR count). The Kier molecular flexibility index (Phi) is 3.21. The van der Waals surface area contributed by atoms with Gasteiger partial charge >= 0.3 is 5.69 Å². The van der Waals surface area contributed by atoms with E-state index in [-0.39, 0.29) is 18.1 Å². The predicted octanol–water partition coefficient (Wildman–Crippen LogP) is -2.84. The van der Waals surface area contributed by atoms with E-state index in [1.54, 1.807) is 0 Å². The molecule has 0 atom stereocenters. The number of primary sulfonamides is 1. The molecule has 0 fully saturated rings. The van der Waals surface area contributed by atoms with E-state index in [0.29, 0.717) is 0 Å². The van der Waals surface area contributed by atoms with Crippen LogP contribution in [0.4, 0.5) is 5.82 Å². The highest BCUT2D eigenvalue weighted by Gasteiger charge is 2.04. The van der Waals surface area contributed by atoms with E-state index >= 15 is 0 Å². The normalized spacial score (nSPS) is 11.3. The molecule has 10 heteroatoms. The Morgan fingerprint density at radius 1 is 1.40 bits per heavy atom. The number of hydrogen-bond acceptors (Lipinski definition) is 6. The maximum absolute atomic E-state index is 11.0. The highest BCUT2D eigenvalue weighted by Crippen LogP contribution is 1.86. The third kappa shape index (κ3) is 3.91. The van der Waals surface area contributed by atoms with Crippen LogP contribution < -0.4 is 21.7 Å². The fourth-order valence-corrected chi connectivity index (χ4v) is 1.17. The number of hydrogen-bond donors (Lipinski definition) is 4. The van der Waals surface area contributed by atoms with Gasteiger partial charge in [0.25, 0.3) is 5.56 Å². The summed E-state index contributed by atoms with van der Waals surface area (Å²) in [5.74, 6) is -0.508. The molecule has 0 saturated carbocycles. The second-order valence-electron chi connectivity index (χ2n) is 2.65. The summed E-state index contributed by atoms with van der Waals surface area (Å²) in [5, 5.41) is 12.5. The molecule has 0 amide bonds. The van der Waals surface area contributed by atoms with Gasteiger partial charge in [-0.15, -0.1) is 5.10 Å². The Hall–Kier alpha value is -1.68. The Bertz CT molecular complexity index is 543. The fourth-order valence-electron chi connectivity index (χ4n) is 0.779. The molecule has 5 N–H and O–H groups in total. The summed E-state index contributed by atoms with van der Waals surface area (Å²) in [7, 11) is -3.59. The molecule has 0 aliphatic carbocycles. The number of nitrogens with two attached hydrogens (primary N) is 1. The number of nitrogens with one attached hydrogen (secondary N) is 3. The van der Waals surface area contributed by atoms with Gasteiger partial charge in [-0.05, 0) is 0 Å². The molecule has 84 valence electrons. The maximum atomic E-state index is 11.0. The second kappa shape index (κ2) is 4.23. The zero-order valence-electron chi connectivity index (χ0n) is 7.48. The van der Waals surface area contributed by atoms with Crippen LogP contribution in [0, 0.1) is 0 Å². The smallest absolute Gasteiger partial charge is 0.342 e. The van der Waals surface area contributed by atoms with Gasteiger partial charge in [-0.2, -0.15) is 0 Å². The van der Waals surface area contributed by atoms with Crippen molar-refractivity contribution in [2.45, 2.75) is 0 Å². The molecular weight excluding hydrogens is 226 g/mol. The summed E-state index contributed by atoms with van der Waals surface area (Å²) in [6.45, 7) is -0.0685. The molecule has 1 aromatic rings. The molecular formula is C5H9N5O4S. The van der Waals surface area contributed by atoms with E-state index in [0.717, 1.165) is 0 Å². The monoisotopic (exact) mass is 235 g/mol. The fraction of sp³-hybridized carbons (Fsp3) is 0.400. The first-order valence-electron chi connectivity index (χ1n) is 3.82. The zero-order chi connectivity index (χ0) is 11.5. The number of anilines is 1. The maximum Gasteiger partial charge on any atom is 0.342 e. The van der Waals surface area contributed by atoms with Crippen LogP contribution in [-0.4, -0.2) is 35.9 Å². The number of aromatic nitrogens is 3. The SMILES string of the molecule is NS(=O)(=O)CCNc1n[nH]c(=O)[nH]c1=O. The summed E-state index contributed by atoms with van der Waals surface area (Å²) in [6, 6.07) is 0. The molecule has 0 aliphatic heterocycles. The van der Waals surface area contributed by atoms with Crippen molar-refractivity contribution in [1.82, 2.24) is 15.2 Å². The van der Waals surface area contributed by atoms with Gasteiger partial charge in [-0.3, -0.25) is 9.78 Å². The van der Waals surface area contributed by atoms with Crippen molar-refractivity contribution in [3.05, 3.63) is 20.8 Å². The molecule has 0 unspecified atom stereocenters. The molecule has 1 aromatic heterocycles. The molecule has 0 radical (unpaired) electrons. The minimum Gasteiger partial charge on any atom is -0.363 e. The first-order valence-corrected chi connectivity index (χ1v) is 5.53. The first kappa shape index (κ1) is 11.4. The van der Waals surface area contributed by atoms with Crippen LogP contribution in [0.5, 0.6) is 0 Å². The summed E-state index contributed by atoms with van der Waals surface area (Å²) >= 11 is 0. The van der Waals surface area contributed by atoms with Gasteiger partial charge in [-0.25, -0.2) is 23.4 Å². The lowest BCUT2D eigenvalue weighted by molar-refractivity contribution is 0.598. The number of sulfonamides is 1. The Morgan fingerprint density at radius 2 is 2.07 bits per heavy atom. The van der Waals surface area contributed by atoms with E-state index in [1.165, 1.54) is 0 Å². The van der Waals surface area contributed by atoms with Crippen molar-refractivity contribution < 1.29 is 8.42 Å². The lowest BCUT2D eigenvalue weighted by Crippen LogP contribution is -2.29. The molecule has 15 heavy (non-hydrogen) atoms. The number of nitrogens with zero attached hydrogens (tertiary/aromatic N) is 1. The largest absolute Gasteiger partial charge is 0.363 e. The van der Waals surface area contributed by atoms with Gasteiger partial charge in [0, 0.05) is 6.54 Å². The summed E-state index contributed by atoms with van der Waals surface area (Å²) in [4.78, 5) is 23.5. The molecule has 9 nitrogen and oxygen atoms in total. The highest BCUT2D eigenvalue weighted by atomic mass is 32.2. The Labute approximate surface area is 83.8 Å². The Morgan fingerprint density at radius 3 is 2.60 bits per heavy atom. The van der Waals surface area contributed by atoms with E-state index in [4.69, 9.17) is 5.14 Å². The minimum absolute atomic E-state index is 0.0685. The van der Waals surface area contributed by atoms with Gasteiger partial charge in [0.05, 0.1) is 5.75 Å². The van der Waals surface area contributed by atoms with Gasteiger partial charge < -0.3 is 5.32 Å². The number of rotatable bonds is 4. The van der Waals surface area contributed by atoms with Crippen molar-refractivity contribution in [2.24, 2.45) is 5.14 Å². The second-order valence-corrected chi connectivity index (χ2v) is 4.38. The van der Waals surface area contributed by atoms with Crippen molar-refractivity contribution >= 4 is 15.8 Å².